The first-order valence-electron chi connectivity index (χ1n) is 14.1. The maximum Gasteiger partial charge on any atom is 0.220 e. The summed E-state index contributed by atoms with van der Waals surface area (Å²) in [5.74, 6) is 0.361. The van der Waals surface area contributed by atoms with E-state index in [9.17, 15) is 9.90 Å². The third kappa shape index (κ3) is 3.01. The first kappa shape index (κ1) is 24.1. The summed E-state index contributed by atoms with van der Waals surface area (Å²) in [6.07, 6.45) is 18.2. The zero-order valence-corrected chi connectivity index (χ0v) is 23.1. The Kier molecular flexibility index (Phi) is 4.94. The number of aromatic nitrogens is 1. The van der Waals surface area contributed by atoms with Gasteiger partial charge in [0, 0.05) is 22.9 Å². The predicted octanol–water partition coefficient (Wildman–Crippen LogP) is 8.18. The van der Waals surface area contributed by atoms with Gasteiger partial charge in [0.25, 0.3) is 0 Å². The second-order valence-corrected chi connectivity index (χ2v) is 14.2. The molecule has 3 heteroatoms. The van der Waals surface area contributed by atoms with Crippen LogP contribution in [0.1, 0.15) is 92.2 Å². The molecule has 3 fully saturated rings. The van der Waals surface area contributed by atoms with Crippen molar-refractivity contribution in [2.24, 2.45) is 33.0 Å². The molecule has 3 saturated carbocycles. The lowest BCUT2D eigenvalue weighted by molar-refractivity contribution is -0.161. The smallest absolute Gasteiger partial charge is 0.220 e. The van der Waals surface area contributed by atoms with Crippen molar-refractivity contribution in [2.75, 3.05) is 0 Å². The van der Waals surface area contributed by atoms with Gasteiger partial charge in [-0.2, -0.15) is 0 Å². The van der Waals surface area contributed by atoms with Gasteiger partial charge >= 0.3 is 0 Å². The predicted molar refractivity (Wildman–Crippen MR) is 145 cm³/mol. The summed E-state index contributed by atoms with van der Waals surface area (Å²) in [6.45, 7) is 14.6. The standard InChI is InChI=1S/C33H43NO2/c1-21-23-9-10-26-31(4,24(23)18-25(35)28(21)36)14-16-33(6)27-20-29(2,19-22-8-7-17-34-22)11-12-30(27,3)13-15-32(26,33)5/h7-10,17-18,27,34,36H,11-16,19-20H2,1-6H3/t27-,29+,30+,31+,32-,33+/m1/s1. The van der Waals surface area contributed by atoms with Crippen molar-refractivity contribution in [3.8, 4) is 0 Å². The second kappa shape index (κ2) is 7.39. The Morgan fingerprint density at radius 2 is 1.75 bits per heavy atom. The molecule has 0 radical (unpaired) electrons. The average molecular weight is 486 g/mol. The quantitative estimate of drug-likeness (QED) is 0.444. The van der Waals surface area contributed by atoms with Crippen molar-refractivity contribution in [1.82, 2.24) is 4.98 Å². The minimum absolute atomic E-state index is 0.0886. The Bertz CT molecular complexity index is 1260. The van der Waals surface area contributed by atoms with E-state index in [1.54, 1.807) is 6.08 Å². The van der Waals surface area contributed by atoms with E-state index in [1.165, 1.54) is 49.8 Å². The van der Waals surface area contributed by atoms with Crippen LogP contribution >= 0.6 is 0 Å². The molecule has 6 atom stereocenters. The highest BCUT2D eigenvalue weighted by atomic mass is 16.3. The number of rotatable bonds is 2. The first-order chi connectivity index (χ1) is 16.9. The minimum atomic E-state index is -0.232. The maximum atomic E-state index is 12.7. The average Bonchev–Trinajstić information content (AvgIpc) is 3.34. The van der Waals surface area contributed by atoms with Crippen molar-refractivity contribution in [3.63, 3.8) is 0 Å². The molecule has 1 aromatic heterocycles. The number of nitrogens with one attached hydrogen (secondary N) is 1. The molecule has 5 aliphatic carbocycles. The third-order valence-electron chi connectivity index (χ3n) is 12.2. The lowest BCUT2D eigenvalue weighted by atomic mass is 9.34. The van der Waals surface area contributed by atoms with Crippen molar-refractivity contribution in [1.29, 1.82) is 0 Å². The van der Waals surface area contributed by atoms with Crippen molar-refractivity contribution < 1.29 is 9.90 Å². The van der Waals surface area contributed by atoms with E-state index in [2.05, 4.69) is 70.1 Å². The van der Waals surface area contributed by atoms with Crippen LogP contribution in [0.3, 0.4) is 0 Å². The summed E-state index contributed by atoms with van der Waals surface area (Å²) >= 11 is 0. The molecule has 0 aromatic carbocycles. The van der Waals surface area contributed by atoms with Gasteiger partial charge in [0.05, 0.1) is 0 Å². The Morgan fingerprint density at radius 3 is 2.47 bits per heavy atom. The number of carbonyl (C=O) groups excluding carboxylic acids is 1. The highest BCUT2D eigenvalue weighted by Crippen LogP contribution is 2.75. The normalized spacial score (nSPS) is 44.0. The summed E-state index contributed by atoms with van der Waals surface area (Å²) < 4.78 is 0. The number of aromatic amines is 1. The fourth-order valence-electron chi connectivity index (χ4n) is 9.62. The molecule has 0 saturated heterocycles. The molecule has 36 heavy (non-hydrogen) atoms. The summed E-state index contributed by atoms with van der Waals surface area (Å²) in [7, 11) is 0. The van der Waals surface area contributed by atoms with Crippen LogP contribution in [-0.4, -0.2) is 15.9 Å². The van der Waals surface area contributed by atoms with E-state index < -0.39 is 0 Å². The summed E-state index contributed by atoms with van der Waals surface area (Å²) in [5.41, 5.74) is 6.72. The zero-order valence-electron chi connectivity index (χ0n) is 23.1. The molecule has 0 spiro atoms. The molecular formula is C33H43NO2. The molecule has 5 aliphatic rings. The van der Waals surface area contributed by atoms with Gasteiger partial charge in [0.2, 0.25) is 5.78 Å². The molecule has 0 bridgehead atoms. The van der Waals surface area contributed by atoms with E-state index in [1.807, 2.05) is 6.92 Å². The van der Waals surface area contributed by atoms with Crippen molar-refractivity contribution >= 4 is 5.78 Å². The largest absolute Gasteiger partial charge is 0.504 e. The van der Waals surface area contributed by atoms with Crippen LogP contribution in [-0.2, 0) is 11.2 Å². The number of fused-ring (bicyclic) bond motifs is 7. The molecule has 0 aliphatic heterocycles. The van der Waals surface area contributed by atoms with Crippen LogP contribution in [0.4, 0.5) is 0 Å². The molecule has 1 heterocycles. The van der Waals surface area contributed by atoms with Gasteiger partial charge in [0.15, 0.2) is 5.76 Å². The monoisotopic (exact) mass is 485 g/mol. The Morgan fingerprint density at radius 1 is 1.00 bits per heavy atom. The molecular weight excluding hydrogens is 442 g/mol. The Balaban J connectivity index is 1.42. The van der Waals surface area contributed by atoms with Crippen LogP contribution in [0.2, 0.25) is 0 Å². The highest BCUT2D eigenvalue weighted by molar-refractivity contribution is 6.06. The van der Waals surface area contributed by atoms with Crippen LogP contribution in [0, 0.1) is 33.0 Å². The van der Waals surface area contributed by atoms with E-state index in [0.29, 0.717) is 16.7 Å². The number of aliphatic hydroxyl groups is 1. The van der Waals surface area contributed by atoms with Gasteiger partial charge in [-0.15, -0.1) is 0 Å². The number of allylic oxidation sites excluding steroid dienone is 7. The maximum absolute atomic E-state index is 12.7. The third-order valence-corrected chi connectivity index (χ3v) is 12.2. The van der Waals surface area contributed by atoms with Gasteiger partial charge in [-0.1, -0.05) is 52.3 Å². The summed E-state index contributed by atoms with van der Waals surface area (Å²) in [4.78, 5) is 16.2. The lowest BCUT2D eigenvalue weighted by Gasteiger charge is -2.70. The van der Waals surface area contributed by atoms with Crippen LogP contribution in [0.5, 0.6) is 0 Å². The zero-order chi connectivity index (χ0) is 25.7. The Hall–Kier alpha value is -2.29. The molecule has 6 rings (SSSR count). The molecule has 0 unspecified atom stereocenters. The number of carbonyl (C=O) groups is 1. The fraction of sp³-hybridized carbons (Fsp3) is 0.606. The number of hydrogen-bond donors (Lipinski definition) is 2. The lowest BCUT2D eigenvalue weighted by Crippen LogP contribution is -2.61. The van der Waals surface area contributed by atoms with Gasteiger partial charge in [-0.05, 0) is 115 Å². The molecule has 2 N–H and O–H groups in total. The second-order valence-electron chi connectivity index (χ2n) is 14.2. The van der Waals surface area contributed by atoms with Crippen molar-refractivity contribution in [3.05, 3.63) is 70.3 Å². The van der Waals surface area contributed by atoms with Gasteiger partial charge in [-0.25, -0.2) is 0 Å². The van der Waals surface area contributed by atoms with Gasteiger partial charge < -0.3 is 10.1 Å². The molecule has 0 amide bonds. The fourth-order valence-corrected chi connectivity index (χ4v) is 9.62. The summed E-state index contributed by atoms with van der Waals surface area (Å²) in [5, 5.41) is 10.4. The van der Waals surface area contributed by atoms with Crippen LogP contribution in [0.25, 0.3) is 0 Å². The Labute approximate surface area is 216 Å². The molecule has 1 aromatic rings. The van der Waals surface area contributed by atoms with Crippen LogP contribution < -0.4 is 0 Å². The number of aliphatic hydroxyl groups excluding tert-OH is 1. The molecule has 3 nitrogen and oxygen atoms in total. The van der Waals surface area contributed by atoms with E-state index in [-0.39, 0.29) is 27.8 Å². The number of H-pyrrole nitrogens is 1. The SMILES string of the molecule is CC1=C(O)C(=O)C=C2C1=CC=C1[C@@]2(C)CC[C@@]2(C)[C@@H]3C[C@](C)(Cc4ccc[nH]4)CC[C@@]3(C)CC[C@]12C. The van der Waals surface area contributed by atoms with E-state index in [0.717, 1.165) is 29.6 Å². The highest BCUT2D eigenvalue weighted by Gasteiger charge is 2.66. The van der Waals surface area contributed by atoms with E-state index >= 15 is 0 Å². The van der Waals surface area contributed by atoms with Crippen LogP contribution in [0.15, 0.2) is 64.6 Å². The van der Waals surface area contributed by atoms with Gasteiger partial charge in [-0.3, -0.25) is 4.79 Å². The van der Waals surface area contributed by atoms with Gasteiger partial charge in [0.1, 0.15) is 0 Å². The first-order valence-corrected chi connectivity index (χ1v) is 14.1. The number of ketones is 1. The van der Waals surface area contributed by atoms with E-state index in [4.69, 9.17) is 0 Å². The van der Waals surface area contributed by atoms with Crippen molar-refractivity contribution in [2.45, 2.75) is 92.9 Å². The minimum Gasteiger partial charge on any atom is -0.504 e. The summed E-state index contributed by atoms with van der Waals surface area (Å²) in [6, 6.07) is 4.38. The topological polar surface area (TPSA) is 53.1 Å². The molecule has 192 valence electrons. The number of hydrogen-bond acceptors (Lipinski definition) is 2.